The molecule has 2 saturated carbocycles. The fourth-order valence-corrected chi connectivity index (χ4v) is 9.68. The van der Waals surface area contributed by atoms with Crippen LogP contribution >= 0.6 is 0 Å². The van der Waals surface area contributed by atoms with E-state index >= 15 is 0 Å². The lowest BCUT2D eigenvalue weighted by atomic mass is 9.83. The van der Waals surface area contributed by atoms with Gasteiger partial charge in [-0.2, -0.15) is 16.8 Å². The molecule has 44 heteroatoms. The van der Waals surface area contributed by atoms with Crippen LogP contribution in [0.4, 0.5) is 0 Å². The van der Waals surface area contributed by atoms with Crippen molar-refractivity contribution in [1.82, 2.24) is 10.6 Å². The highest BCUT2D eigenvalue weighted by molar-refractivity contribution is 7.80. The van der Waals surface area contributed by atoms with E-state index in [0.29, 0.717) is 0 Å². The number of nitrogens with one attached hydrogen (secondary N) is 2. The van der Waals surface area contributed by atoms with Crippen molar-refractivity contribution < 1.29 is 154 Å². The predicted octanol–water partition coefficient (Wildman–Crippen LogP) is -16.9. The minimum Gasteiger partial charge on any atom is -0.394 e. The zero-order valence-corrected chi connectivity index (χ0v) is 47.2. The summed E-state index contributed by atoms with van der Waals surface area (Å²) in [4.78, 5) is 24.8. The third kappa shape index (κ3) is 21.8. The van der Waals surface area contributed by atoms with Gasteiger partial charge in [-0.3, -0.25) is 27.8 Å². The van der Waals surface area contributed by atoms with E-state index in [1.165, 1.54) is 0 Å². The highest BCUT2D eigenvalue weighted by Gasteiger charge is 2.55. The summed E-state index contributed by atoms with van der Waals surface area (Å²) >= 11 is 0. The molecule has 508 valence electrons. The van der Waals surface area contributed by atoms with Crippen LogP contribution < -0.4 is 56.5 Å². The quantitative estimate of drug-likeness (QED) is 0.0503. The molecule has 2 amide bonds. The molecule has 0 aromatic heterocycles. The molecule has 6 aliphatic rings. The molecule has 6 fully saturated rings. The number of rotatable bonds is 20. The monoisotopic (exact) mass is 1310 g/mol. The molecule has 4 saturated heterocycles. The maximum absolute atomic E-state index is 12.4. The average Bonchev–Trinajstić information content (AvgIpc) is 2.40. The maximum Gasteiger partial charge on any atom is 0.394 e. The van der Waals surface area contributed by atoms with Crippen molar-refractivity contribution in [2.75, 3.05) is 39.4 Å². The van der Waals surface area contributed by atoms with Gasteiger partial charge in [0.2, 0.25) is 11.8 Å². The molecule has 0 radical (unpaired) electrons. The maximum atomic E-state index is 12.4. The smallest absolute Gasteiger partial charge is 0.394 e. The van der Waals surface area contributed by atoms with Crippen LogP contribution in [0.5, 0.6) is 0 Å². The lowest BCUT2D eigenvalue weighted by Gasteiger charge is -2.48. The Morgan fingerprint density at radius 2 is 0.709 bits per heavy atom. The molecule has 0 aromatic carbocycles. The van der Waals surface area contributed by atoms with Crippen molar-refractivity contribution in [3.05, 3.63) is 0 Å². The van der Waals surface area contributed by atoms with Crippen molar-refractivity contribution in [3.63, 3.8) is 0 Å². The second kappa shape index (κ2) is 34.8. The minimum atomic E-state index is -4.67. The van der Waals surface area contributed by atoms with Gasteiger partial charge < -0.3 is 166 Å². The van der Waals surface area contributed by atoms with Gasteiger partial charge in [0.15, 0.2) is 25.2 Å². The van der Waals surface area contributed by atoms with Crippen LogP contribution in [0.25, 0.3) is 0 Å². The predicted molar refractivity (Wildman–Crippen MR) is 279 cm³/mol. The van der Waals surface area contributed by atoms with E-state index in [9.17, 15) is 81.1 Å². The number of ether oxygens (including phenoxy) is 8. The lowest BCUT2D eigenvalue weighted by molar-refractivity contribution is -0.307. The molecule has 30 unspecified atom stereocenters. The number of carbonyl (C=O) groups is 2. The Morgan fingerprint density at radius 1 is 0.442 bits per heavy atom. The van der Waals surface area contributed by atoms with Crippen LogP contribution in [0.1, 0.15) is 25.7 Å². The molecule has 2 aliphatic carbocycles. The average molecular weight is 1310 g/mol. The molecule has 0 bridgehead atoms. The summed E-state index contributed by atoms with van der Waals surface area (Å²) in [5.74, 6) is -1.61. The van der Waals surface area contributed by atoms with E-state index in [1.807, 2.05) is 0 Å². The number of aliphatic hydroxyl groups excluding tert-OH is 14. The summed E-state index contributed by atoms with van der Waals surface area (Å²) in [7, 11) is -9.33. The Labute approximate surface area is 490 Å². The molecule has 42 nitrogen and oxygen atoms in total. The highest BCUT2D eigenvalue weighted by Crippen LogP contribution is 2.35. The third-order valence-corrected chi connectivity index (χ3v) is 14.3. The van der Waals surface area contributed by atoms with Crippen molar-refractivity contribution in [2.45, 2.75) is 209 Å². The highest BCUT2D eigenvalue weighted by atomic mass is 32.3. The van der Waals surface area contributed by atoms with Gasteiger partial charge in [-0.1, -0.05) is 0 Å². The van der Waals surface area contributed by atoms with E-state index in [1.54, 1.807) is 0 Å². The first-order valence-corrected chi connectivity index (χ1v) is 29.1. The van der Waals surface area contributed by atoms with Gasteiger partial charge in [-0.25, -0.2) is 0 Å². The summed E-state index contributed by atoms with van der Waals surface area (Å²) in [5, 5.41) is 148. The Kier molecular flexibility index (Phi) is 31.4. The molecule has 30 atom stereocenters. The number of hydrogen-bond donors (Lipinski definition) is 28. The topological polar surface area (TPSA) is 773 Å². The summed E-state index contributed by atoms with van der Waals surface area (Å²) in [6.07, 6.45) is -33.8. The Morgan fingerprint density at radius 3 is 0.965 bits per heavy atom. The Bertz CT molecular complexity index is 2100. The van der Waals surface area contributed by atoms with Crippen LogP contribution in [0.3, 0.4) is 0 Å². The summed E-state index contributed by atoms with van der Waals surface area (Å²) in [5.41, 5.74) is 46.7. The van der Waals surface area contributed by atoms with Crippen LogP contribution in [0.2, 0.25) is 0 Å². The first-order chi connectivity index (χ1) is 39.9. The van der Waals surface area contributed by atoms with Crippen LogP contribution in [0.15, 0.2) is 0 Å². The molecule has 36 N–H and O–H groups in total. The Hall–Kier alpha value is -2.52. The molecule has 0 spiro atoms. The van der Waals surface area contributed by atoms with Gasteiger partial charge in [0.1, 0.15) is 122 Å². The second-order valence-electron chi connectivity index (χ2n) is 20.6. The third-order valence-electron chi connectivity index (χ3n) is 14.3. The second-order valence-corrected chi connectivity index (χ2v) is 22.4. The lowest BCUT2D eigenvalue weighted by Crippen LogP contribution is -2.69. The molecule has 86 heavy (non-hydrogen) atoms. The van der Waals surface area contributed by atoms with E-state index in [4.69, 9.17) is 119 Å². The first kappa shape index (κ1) is 77.7. The summed E-state index contributed by atoms with van der Waals surface area (Å²) < 4.78 is 109. The molecular weight excluding hydrogens is 1220 g/mol. The van der Waals surface area contributed by atoms with E-state index in [0.717, 1.165) is 0 Å². The first-order valence-electron chi connectivity index (χ1n) is 26.3. The largest absolute Gasteiger partial charge is 0.394 e. The molecule has 6 rings (SSSR count). The fourth-order valence-electron chi connectivity index (χ4n) is 9.68. The molecule has 4 heterocycles. The number of carbonyl (C=O) groups excluding carboxylic acids is 2. The van der Waals surface area contributed by atoms with E-state index in [-0.39, 0.29) is 51.9 Å². The van der Waals surface area contributed by atoms with Crippen LogP contribution in [-0.4, -0.2) is 341 Å². The van der Waals surface area contributed by atoms with Crippen LogP contribution in [-0.2, 0) is 68.3 Å². The van der Waals surface area contributed by atoms with E-state index in [2.05, 4.69) is 10.6 Å². The van der Waals surface area contributed by atoms with Crippen molar-refractivity contribution in [2.24, 2.45) is 45.9 Å². The number of hydrogen-bond acceptors (Lipinski definition) is 36. The van der Waals surface area contributed by atoms with Crippen molar-refractivity contribution in [1.29, 1.82) is 0 Å². The van der Waals surface area contributed by atoms with Crippen molar-refractivity contribution in [3.8, 4) is 0 Å². The number of nitrogens with two attached hydrogens (primary N) is 8. The van der Waals surface area contributed by atoms with Gasteiger partial charge in [0.05, 0.1) is 37.4 Å². The fraction of sp³-hybridized carbons (Fsp3) is 0.952. The van der Waals surface area contributed by atoms with Crippen LogP contribution in [0, 0.1) is 0 Å². The molecular formula is C42H86N10O32S2. The summed E-state index contributed by atoms with van der Waals surface area (Å²) in [6, 6.07) is -6.58. The van der Waals surface area contributed by atoms with Gasteiger partial charge in [-0.15, -0.1) is 0 Å². The van der Waals surface area contributed by atoms with E-state index < -0.39 is 229 Å². The Balaban J connectivity index is 0.000000388. The number of aliphatic hydroxyl groups is 14. The van der Waals surface area contributed by atoms with Gasteiger partial charge >= 0.3 is 20.8 Å². The van der Waals surface area contributed by atoms with Gasteiger partial charge in [0, 0.05) is 25.2 Å². The van der Waals surface area contributed by atoms with Crippen molar-refractivity contribution >= 4 is 32.6 Å². The zero-order valence-electron chi connectivity index (χ0n) is 45.6. The summed E-state index contributed by atoms with van der Waals surface area (Å²) in [6.45, 7) is -1.53. The molecule has 4 aliphatic heterocycles. The minimum absolute atomic E-state index is 0.0255. The van der Waals surface area contributed by atoms with Gasteiger partial charge in [0.25, 0.3) is 0 Å². The standard InChI is InChI=1S/2C21H41N5O12.2H2O4S/c2*22-2-1-8(28)19(34)26-7-3-6(24)17(37-20-11(25)15(32)13(30)9(4-23)35-20)18(12(7)29)38-21-16(33)14(31)10(5-27)36-21;2*1-5(2,3)4/h2*6-18,20-21,27-33H,1-5,22-25H2,(H,26,34);2*(H2,1,2,3,4). The number of amides is 2. The zero-order chi connectivity index (χ0) is 65.6. The van der Waals surface area contributed by atoms with Gasteiger partial charge in [-0.05, 0) is 38.8 Å². The normalized spacial score (nSPS) is 42.5. The SMILES string of the molecule is NCCC(O)C(=O)NC1CC(N)C(OC2OC(CN)C(O)C(O)C2N)C(OC2OC(CO)C(O)C2O)C1O.NCCC(O)C(=O)NC1CC(N)C(OC2OC(CN)C(O)C(O)C2N)C(OC2OC(CO)C(O)C2O)C1O.O=S(=O)(O)O.O=S(=O)(O)O. The molecule has 0 aromatic rings.